The van der Waals surface area contributed by atoms with E-state index in [1.54, 1.807) is 0 Å². The Morgan fingerprint density at radius 1 is 1.40 bits per heavy atom. The molecule has 0 atom stereocenters. The molecule has 0 saturated heterocycles. The van der Waals surface area contributed by atoms with E-state index in [9.17, 15) is 4.79 Å². The monoisotopic (exact) mass is 141 g/mol. The summed E-state index contributed by atoms with van der Waals surface area (Å²) in [6.07, 6.45) is 5.04. The minimum Gasteiger partial charge on any atom is -0.330 e. The molecule has 0 bridgehead atoms. The second kappa shape index (κ2) is 3.71. The smallest absolute Gasteiger partial charge is 0.135 e. The van der Waals surface area contributed by atoms with E-state index < -0.39 is 0 Å². The lowest BCUT2D eigenvalue weighted by Crippen LogP contribution is -2.03. The van der Waals surface area contributed by atoms with Crippen LogP contribution in [0, 0.1) is 5.92 Å². The predicted octanol–water partition coefficient (Wildman–Crippen LogP) is 1.09. The van der Waals surface area contributed by atoms with Crippen LogP contribution in [0.5, 0.6) is 0 Å². The standard InChI is InChI=1S/C8H15NO/c9-6-2-1-3-8(10)7-4-5-7/h7H,1-6,9H2. The highest BCUT2D eigenvalue weighted by Crippen LogP contribution is 2.31. The van der Waals surface area contributed by atoms with Crippen molar-refractivity contribution in [2.24, 2.45) is 11.7 Å². The van der Waals surface area contributed by atoms with Gasteiger partial charge in [0.25, 0.3) is 0 Å². The van der Waals surface area contributed by atoms with Crippen LogP contribution in [0.3, 0.4) is 0 Å². The number of rotatable bonds is 5. The molecule has 1 aliphatic rings. The lowest BCUT2D eigenvalue weighted by Gasteiger charge is -1.95. The second-order valence-corrected chi connectivity index (χ2v) is 2.99. The van der Waals surface area contributed by atoms with Crippen LogP contribution in [0.1, 0.15) is 32.1 Å². The van der Waals surface area contributed by atoms with Gasteiger partial charge < -0.3 is 5.73 Å². The highest BCUT2D eigenvalue weighted by atomic mass is 16.1. The van der Waals surface area contributed by atoms with Gasteiger partial charge in [-0.1, -0.05) is 0 Å². The Labute approximate surface area is 61.8 Å². The number of hydrogen-bond donors (Lipinski definition) is 1. The molecule has 0 aromatic carbocycles. The summed E-state index contributed by atoms with van der Waals surface area (Å²) in [5, 5.41) is 0. The Balaban J connectivity index is 1.95. The van der Waals surface area contributed by atoms with E-state index in [1.807, 2.05) is 0 Å². The summed E-state index contributed by atoms with van der Waals surface area (Å²) in [5.74, 6) is 0.909. The third kappa shape index (κ3) is 2.48. The highest BCUT2D eigenvalue weighted by Gasteiger charge is 2.28. The van der Waals surface area contributed by atoms with Crippen LogP contribution in [0.25, 0.3) is 0 Å². The molecule has 0 spiro atoms. The Kier molecular flexibility index (Phi) is 2.87. The number of ketones is 1. The molecule has 0 radical (unpaired) electrons. The first-order valence-corrected chi connectivity index (χ1v) is 4.07. The second-order valence-electron chi connectivity index (χ2n) is 2.99. The maximum Gasteiger partial charge on any atom is 0.135 e. The van der Waals surface area contributed by atoms with Crippen LogP contribution in [0.15, 0.2) is 0 Å². The van der Waals surface area contributed by atoms with E-state index in [1.165, 1.54) is 0 Å². The van der Waals surface area contributed by atoms with Crippen LogP contribution >= 0.6 is 0 Å². The number of unbranched alkanes of at least 4 members (excludes halogenated alkanes) is 1. The highest BCUT2D eigenvalue weighted by molar-refractivity contribution is 5.82. The fourth-order valence-corrected chi connectivity index (χ4v) is 1.05. The van der Waals surface area contributed by atoms with Gasteiger partial charge in [0.1, 0.15) is 5.78 Å². The molecule has 2 N–H and O–H groups in total. The van der Waals surface area contributed by atoms with Crippen LogP contribution < -0.4 is 5.73 Å². The summed E-state index contributed by atoms with van der Waals surface area (Å²) in [6.45, 7) is 0.720. The van der Waals surface area contributed by atoms with E-state index in [-0.39, 0.29) is 0 Å². The maximum atomic E-state index is 11.0. The Morgan fingerprint density at radius 3 is 2.60 bits per heavy atom. The molecule has 58 valence electrons. The van der Waals surface area contributed by atoms with Gasteiger partial charge in [0, 0.05) is 12.3 Å². The molecule has 0 aromatic rings. The van der Waals surface area contributed by atoms with E-state index >= 15 is 0 Å². The third-order valence-corrected chi connectivity index (χ3v) is 1.91. The average molecular weight is 141 g/mol. The lowest BCUT2D eigenvalue weighted by atomic mass is 10.1. The summed E-state index contributed by atoms with van der Waals surface area (Å²) in [4.78, 5) is 11.0. The van der Waals surface area contributed by atoms with Gasteiger partial charge in [-0.2, -0.15) is 0 Å². The van der Waals surface area contributed by atoms with Crippen molar-refractivity contribution in [3.63, 3.8) is 0 Å². The summed E-state index contributed by atoms with van der Waals surface area (Å²) in [5.41, 5.74) is 5.30. The van der Waals surface area contributed by atoms with Crippen molar-refractivity contribution in [2.75, 3.05) is 6.54 Å². The molecule has 10 heavy (non-hydrogen) atoms. The van der Waals surface area contributed by atoms with Crippen molar-refractivity contribution in [1.29, 1.82) is 0 Å². The molecule has 0 unspecified atom stereocenters. The Morgan fingerprint density at radius 2 is 2.10 bits per heavy atom. The molecule has 2 nitrogen and oxygen atoms in total. The van der Waals surface area contributed by atoms with Gasteiger partial charge in [-0.15, -0.1) is 0 Å². The first kappa shape index (κ1) is 7.73. The van der Waals surface area contributed by atoms with Gasteiger partial charge in [-0.3, -0.25) is 4.79 Å². The number of carbonyl (C=O) groups is 1. The molecule has 0 aliphatic heterocycles. The van der Waals surface area contributed by atoms with Crippen molar-refractivity contribution < 1.29 is 4.79 Å². The van der Waals surface area contributed by atoms with E-state index in [0.717, 1.165) is 38.6 Å². The van der Waals surface area contributed by atoms with E-state index in [4.69, 9.17) is 5.73 Å². The largest absolute Gasteiger partial charge is 0.330 e. The summed E-state index contributed by atoms with van der Waals surface area (Å²) >= 11 is 0. The lowest BCUT2D eigenvalue weighted by molar-refractivity contribution is -0.120. The first-order valence-electron chi connectivity index (χ1n) is 4.07. The number of Topliss-reactive ketones (excluding diaryl/α,β-unsaturated/α-hetero) is 1. The van der Waals surface area contributed by atoms with Crippen LogP contribution in [0.2, 0.25) is 0 Å². The van der Waals surface area contributed by atoms with Gasteiger partial charge in [0.2, 0.25) is 0 Å². The normalized spacial score (nSPS) is 17.3. The van der Waals surface area contributed by atoms with Crippen molar-refractivity contribution >= 4 is 5.78 Å². The van der Waals surface area contributed by atoms with Gasteiger partial charge in [-0.05, 0) is 32.2 Å². The summed E-state index contributed by atoms with van der Waals surface area (Å²) < 4.78 is 0. The Hall–Kier alpha value is -0.370. The SMILES string of the molecule is NCCCCC(=O)C1CC1. The maximum absolute atomic E-state index is 11.0. The van der Waals surface area contributed by atoms with Crippen molar-refractivity contribution in [3.05, 3.63) is 0 Å². The third-order valence-electron chi connectivity index (χ3n) is 1.91. The molecule has 0 amide bonds. The fraction of sp³-hybridized carbons (Fsp3) is 0.875. The number of hydrogen-bond acceptors (Lipinski definition) is 2. The summed E-state index contributed by atoms with van der Waals surface area (Å²) in [7, 11) is 0. The van der Waals surface area contributed by atoms with Crippen LogP contribution in [0.4, 0.5) is 0 Å². The van der Waals surface area contributed by atoms with Crippen LogP contribution in [-0.2, 0) is 4.79 Å². The zero-order valence-electron chi connectivity index (χ0n) is 6.31. The quantitative estimate of drug-likeness (QED) is 0.582. The molecule has 1 aliphatic carbocycles. The molecule has 1 rings (SSSR count). The first-order chi connectivity index (χ1) is 4.84. The van der Waals surface area contributed by atoms with Gasteiger partial charge >= 0.3 is 0 Å². The van der Waals surface area contributed by atoms with Crippen molar-refractivity contribution in [1.82, 2.24) is 0 Å². The average Bonchev–Trinajstić information content (AvgIpc) is 2.69. The molecule has 0 aromatic heterocycles. The Bertz CT molecular complexity index is 118. The zero-order chi connectivity index (χ0) is 7.40. The van der Waals surface area contributed by atoms with Crippen LogP contribution in [-0.4, -0.2) is 12.3 Å². The molecule has 1 fully saturated rings. The molecular formula is C8H15NO. The minimum absolute atomic E-state index is 0.442. The van der Waals surface area contributed by atoms with Gasteiger partial charge in [0.15, 0.2) is 0 Å². The van der Waals surface area contributed by atoms with Crippen molar-refractivity contribution in [2.45, 2.75) is 32.1 Å². The van der Waals surface area contributed by atoms with E-state index in [0.29, 0.717) is 11.7 Å². The van der Waals surface area contributed by atoms with E-state index in [2.05, 4.69) is 0 Å². The van der Waals surface area contributed by atoms with Gasteiger partial charge in [-0.25, -0.2) is 0 Å². The molecular weight excluding hydrogens is 126 g/mol. The number of nitrogens with two attached hydrogens (primary N) is 1. The fourth-order valence-electron chi connectivity index (χ4n) is 1.05. The summed E-state index contributed by atoms with van der Waals surface area (Å²) in [6, 6.07) is 0. The minimum atomic E-state index is 0.442. The van der Waals surface area contributed by atoms with Crippen molar-refractivity contribution in [3.8, 4) is 0 Å². The molecule has 0 heterocycles. The van der Waals surface area contributed by atoms with Gasteiger partial charge in [0.05, 0.1) is 0 Å². The molecule has 1 saturated carbocycles. The predicted molar refractivity (Wildman–Crippen MR) is 40.6 cm³/mol. The number of carbonyl (C=O) groups excluding carboxylic acids is 1. The zero-order valence-corrected chi connectivity index (χ0v) is 6.31. The topological polar surface area (TPSA) is 43.1 Å². The molecule has 2 heteroatoms.